The minimum absolute atomic E-state index is 0.0778. The predicted molar refractivity (Wildman–Crippen MR) is 119 cm³/mol. The van der Waals surface area contributed by atoms with Crippen LogP contribution in [0.1, 0.15) is 25.3 Å². The molecule has 1 aromatic heterocycles. The Hall–Kier alpha value is -1.90. The maximum atomic E-state index is 13.6. The fraction of sp³-hybridized carbons (Fsp3) is 0.364. The lowest BCUT2D eigenvalue weighted by molar-refractivity contribution is 0.113. The van der Waals surface area contributed by atoms with Crippen LogP contribution in [0.15, 0.2) is 52.0 Å². The average Bonchev–Trinajstić information content (AvgIpc) is 3.06. The van der Waals surface area contributed by atoms with Crippen molar-refractivity contribution >= 4 is 36.9 Å². The normalized spacial score (nSPS) is 16.3. The number of rotatable bonds is 5. The largest absolute Gasteiger partial charge is 0.490 e. The number of aromatic nitrogens is 1. The summed E-state index contributed by atoms with van der Waals surface area (Å²) >= 11 is 3.34. The van der Waals surface area contributed by atoms with E-state index in [2.05, 4.69) is 27.9 Å². The van der Waals surface area contributed by atoms with Crippen molar-refractivity contribution in [2.24, 2.45) is 0 Å². The van der Waals surface area contributed by atoms with Gasteiger partial charge in [0, 0.05) is 35.2 Å². The van der Waals surface area contributed by atoms with E-state index in [0.717, 1.165) is 37.9 Å². The fourth-order valence-corrected chi connectivity index (χ4v) is 5.87. The number of hydrogen-bond acceptors (Lipinski definition) is 4. The van der Waals surface area contributed by atoms with Gasteiger partial charge in [0.25, 0.3) is 10.0 Å². The van der Waals surface area contributed by atoms with Gasteiger partial charge in [-0.15, -0.1) is 0 Å². The first kappa shape index (κ1) is 21.3. The standard InChI is InChI=1S/C22H24BrFN2O3S/c1-3-15-4-6-18(13-22(15)29-17-8-10-25(2)11-9-17)30(27,28)26-14-20(23)19-12-16(24)5-7-21(19)26/h4-7,12-14,17H,3,8-11H2,1-2H3. The lowest BCUT2D eigenvalue weighted by Gasteiger charge is -2.30. The number of nitrogens with zero attached hydrogens (tertiary/aromatic N) is 2. The molecule has 1 fully saturated rings. The van der Waals surface area contributed by atoms with Gasteiger partial charge in [0.1, 0.15) is 17.7 Å². The molecule has 30 heavy (non-hydrogen) atoms. The Kier molecular flexibility index (Phi) is 5.92. The van der Waals surface area contributed by atoms with E-state index in [9.17, 15) is 12.8 Å². The van der Waals surface area contributed by atoms with Crippen molar-refractivity contribution in [1.29, 1.82) is 0 Å². The zero-order chi connectivity index (χ0) is 21.5. The molecule has 5 nitrogen and oxygen atoms in total. The van der Waals surface area contributed by atoms with Crippen molar-refractivity contribution in [3.8, 4) is 5.75 Å². The van der Waals surface area contributed by atoms with E-state index in [1.165, 1.54) is 28.4 Å². The van der Waals surface area contributed by atoms with E-state index < -0.39 is 15.8 Å². The molecule has 0 saturated carbocycles. The topological polar surface area (TPSA) is 51.5 Å². The Bertz CT molecular complexity index is 1180. The predicted octanol–water partition coefficient (Wildman–Crippen LogP) is 4.82. The van der Waals surface area contributed by atoms with Crippen LogP contribution in [0.25, 0.3) is 10.9 Å². The number of halogens is 2. The van der Waals surface area contributed by atoms with Crippen LogP contribution < -0.4 is 4.74 Å². The van der Waals surface area contributed by atoms with E-state index in [1.807, 2.05) is 13.0 Å². The quantitative estimate of drug-likeness (QED) is 0.510. The van der Waals surface area contributed by atoms with E-state index in [4.69, 9.17) is 4.74 Å². The Labute approximate surface area is 184 Å². The molecular formula is C22H24BrFN2O3S. The molecule has 3 aromatic rings. The molecule has 1 saturated heterocycles. The third-order valence-corrected chi connectivity index (χ3v) is 7.92. The number of piperidine rings is 1. The van der Waals surface area contributed by atoms with Crippen LogP contribution in [0.5, 0.6) is 5.75 Å². The van der Waals surface area contributed by atoms with E-state index in [0.29, 0.717) is 21.1 Å². The average molecular weight is 495 g/mol. The van der Waals surface area contributed by atoms with E-state index in [-0.39, 0.29) is 11.0 Å². The molecule has 0 amide bonds. The molecule has 2 aromatic carbocycles. The van der Waals surface area contributed by atoms with Crippen molar-refractivity contribution in [3.05, 3.63) is 58.4 Å². The van der Waals surface area contributed by atoms with Crippen molar-refractivity contribution < 1.29 is 17.5 Å². The van der Waals surface area contributed by atoms with Gasteiger partial charge in [0.05, 0.1) is 10.4 Å². The summed E-state index contributed by atoms with van der Waals surface area (Å²) in [6, 6.07) is 9.10. The zero-order valence-corrected chi connectivity index (χ0v) is 19.3. The first-order valence-electron chi connectivity index (χ1n) is 9.99. The van der Waals surface area contributed by atoms with Crippen molar-refractivity contribution in [2.75, 3.05) is 20.1 Å². The van der Waals surface area contributed by atoms with Crippen LogP contribution >= 0.6 is 15.9 Å². The summed E-state index contributed by atoms with van der Waals surface area (Å²) in [6.45, 7) is 3.95. The monoisotopic (exact) mass is 494 g/mol. The lowest BCUT2D eigenvalue weighted by Crippen LogP contribution is -2.35. The Morgan fingerprint density at radius 1 is 1.17 bits per heavy atom. The first-order valence-corrected chi connectivity index (χ1v) is 12.2. The van der Waals surface area contributed by atoms with Crippen molar-refractivity contribution in [1.82, 2.24) is 8.87 Å². The van der Waals surface area contributed by atoms with Gasteiger partial charge >= 0.3 is 0 Å². The maximum absolute atomic E-state index is 13.6. The molecular weight excluding hydrogens is 471 g/mol. The van der Waals surface area contributed by atoms with Gasteiger partial charge in [0.2, 0.25) is 0 Å². The number of fused-ring (bicyclic) bond motifs is 1. The van der Waals surface area contributed by atoms with Crippen LogP contribution in [0.4, 0.5) is 4.39 Å². The summed E-state index contributed by atoms with van der Waals surface area (Å²) in [7, 11) is -1.79. The van der Waals surface area contributed by atoms with E-state index >= 15 is 0 Å². The van der Waals surface area contributed by atoms with Gasteiger partial charge in [-0.2, -0.15) is 0 Å². The van der Waals surface area contributed by atoms with Crippen LogP contribution in [0.2, 0.25) is 0 Å². The van der Waals surface area contributed by atoms with E-state index in [1.54, 1.807) is 12.1 Å². The van der Waals surface area contributed by atoms with Crippen LogP contribution in [0, 0.1) is 5.82 Å². The van der Waals surface area contributed by atoms with Gasteiger partial charge in [0.15, 0.2) is 0 Å². The number of ether oxygens (including phenoxy) is 1. The highest BCUT2D eigenvalue weighted by Crippen LogP contribution is 2.32. The summed E-state index contributed by atoms with van der Waals surface area (Å²) < 4.78 is 48.4. The SMILES string of the molecule is CCc1ccc(S(=O)(=O)n2cc(Br)c3cc(F)ccc32)cc1OC1CCN(C)CC1. The van der Waals surface area contributed by atoms with Gasteiger partial charge < -0.3 is 9.64 Å². The van der Waals surface area contributed by atoms with Crippen LogP contribution in [-0.2, 0) is 16.4 Å². The minimum Gasteiger partial charge on any atom is -0.490 e. The molecule has 1 aliphatic rings. The summed E-state index contributed by atoms with van der Waals surface area (Å²) in [5, 5.41) is 0.506. The number of benzene rings is 2. The molecule has 1 aliphatic heterocycles. The van der Waals surface area contributed by atoms with Gasteiger partial charge in [-0.1, -0.05) is 13.0 Å². The molecule has 160 valence electrons. The second-order valence-electron chi connectivity index (χ2n) is 7.68. The Balaban J connectivity index is 1.73. The third kappa shape index (κ3) is 4.00. The van der Waals surface area contributed by atoms with Crippen molar-refractivity contribution in [2.45, 2.75) is 37.2 Å². The summed E-state index contributed by atoms with van der Waals surface area (Å²) in [6.07, 6.45) is 4.12. The van der Waals surface area contributed by atoms with Gasteiger partial charge in [-0.25, -0.2) is 16.8 Å². The number of hydrogen-bond donors (Lipinski definition) is 0. The summed E-state index contributed by atoms with van der Waals surface area (Å²) in [4.78, 5) is 2.41. The fourth-order valence-electron chi connectivity index (χ4n) is 3.83. The van der Waals surface area contributed by atoms with Crippen LogP contribution in [-0.4, -0.2) is 43.5 Å². The Morgan fingerprint density at radius 2 is 1.90 bits per heavy atom. The summed E-state index contributed by atoms with van der Waals surface area (Å²) in [5.74, 6) is 0.203. The van der Waals surface area contributed by atoms with Crippen molar-refractivity contribution in [3.63, 3.8) is 0 Å². The highest BCUT2D eigenvalue weighted by atomic mass is 79.9. The first-order chi connectivity index (χ1) is 14.3. The second-order valence-corrected chi connectivity index (χ2v) is 10.4. The summed E-state index contributed by atoms with van der Waals surface area (Å²) in [5.41, 5.74) is 1.40. The minimum atomic E-state index is -3.88. The highest BCUT2D eigenvalue weighted by molar-refractivity contribution is 9.10. The molecule has 0 atom stereocenters. The molecule has 0 bridgehead atoms. The van der Waals surface area contributed by atoms with Gasteiger partial charge in [-0.05, 0) is 72.1 Å². The molecule has 0 N–H and O–H groups in total. The molecule has 8 heteroatoms. The molecule has 4 rings (SSSR count). The number of likely N-dealkylation sites (tertiary alicyclic amines) is 1. The molecule has 0 unspecified atom stereocenters. The molecule has 0 spiro atoms. The smallest absolute Gasteiger partial charge is 0.268 e. The molecule has 2 heterocycles. The second kappa shape index (κ2) is 8.32. The molecule has 0 aliphatic carbocycles. The number of aryl methyl sites for hydroxylation is 1. The van der Waals surface area contributed by atoms with Crippen LogP contribution in [0.3, 0.4) is 0 Å². The Morgan fingerprint density at radius 3 is 2.60 bits per heavy atom. The highest BCUT2D eigenvalue weighted by Gasteiger charge is 2.24. The lowest BCUT2D eigenvalue weighted by atomic mass is 10.1. The maximum Gasteiger partial charge on any atom is 0.268 e. The van der Waals surface area contributed by atoms with Gasteiger partial charge in [-0.3, -0.25) is 0 Å². The zero-order valence-electron chi connectivity index (χ0n) is 16.9. The third-order valence-electron chi connectivity index (χ3n) is 5.62. The molecule has 0 radical (unpaired) electrons.